The highest BCUT2D eigenvalue weighted by Crippen LogP contribution is 2.32. The second-order valence-corrected chi connectivity index (χ2v) is 6.05. The smallest absolute Gasteiger partial charge is 0.310 e. The van der Waals surface area contributed by atoms with Gasteiger partial charge >= 0.3 is 11.9 Å². The summed E-state index contributed by atoms with van der Waals surface area (Å²) in [4.78, 5) is 36.4. The predicted molar refractivity (Wildman–Crippen MR) is 81.0 cm³/mol. The molecule has 0 saturated carbocycles. The quantitative estimate of drug-likeness (QED) is 0.802. The molecular formula is C15H16BrNO5. The lowest BCUT2D eigenvalue weighted by Crippen LogP contribution is -2.32. The molecule has 1 heterocycles. The highest BCUT2D eigenvalue weighted by molar-refractivity contribution is 9.10. The Labute approximate surface area is 136 Å². The molecule has 1 aromatic rings. The molecule has 0 aromatic heterocycles. The van der Waals surface area contributed by atoms with Gasteiger partial charge in [0.15, 0.2) is 0 Å². The number of hydrogen-bond acceptors (Lipinski definition) is 4. The minimum Gasteiger partial charge on any atom is -0.481 e. The average Bonchev–Trinajstić information content (AvgIpc) is 2.86. The summed E-state index contributed by atoms with van der Waals surface area (Å²) in [6.45, 7) is 0.180. The molecule has 1 fully saturated rings. The molecule has 2 rings (SSSR count). The van der Waals surface area contributed by atoms with E-state index in [2.05, 4.69) is 20.7 Å². The molecule has 0 bridgehead atoms. The standard InChI is InChI=1S/C15H16BrNO5/c1-22-15(21)10-6-13(18)17(8-10)12(7-14(19)20)9-2-4-11(16)5-3-9/h2-5,10,12H,6-8H2,1H3,(H,19,20). The van der Waals surface area contributed by atoms with Crippen LogP contribution in [0.1, 0.15) is 24.4 Å². The van der Waals surface area contributed by atoms with Crippen LogP contribution in [0.2, 0.25) is 0 Å². The van der Waals surface area contributed by atoms with Crippen molar-refractivity contribution in [2.24, 2.45) is 5.92 Å². The lowest BCUT2D eigenvalue weighted by Gasteiger charge is -2.27. The summed E-state index contributed by atoms with van der Waals surface area (Å²) >= 11 is 3.32. The van der Waals surface area contributed by atoms with Crippen molar-refractivity contribution in [1.82, 2.24) is 4.90 Å². The fourth-order valence-corrected chi connectivity index (χ4v) is 2.88. The summed E-state index contributed by atoms with van der Waals surface area (Å²) in [5.41, 5.74) is 0.726. The first-order valence-electron chi connectivity index (χ1n) is 6.77. The number of amides is 1. The molecule has 2 unspecified atom stereocenters. The first-order chi connectivity index (χ1) is 10.4. The maximum Gasteiger partial charge on any atom is 0.310 e. The number of methoxy groups -OCH3 is 1. The first-order valence-corrected chi connectivity index (χ1v) is 7.56. The topological polar surface area (TPSA) is 83.9 Å². The van der Waals surface area contributed by atoms with Gasteiger partial charge in [-0.15, -0.1) is 0 Å². The van der Waals surface area contributed by atoms with Crippen LogP contribution in [0.4, 0.5) is 0 Å². The van der Waals surface area contributed by atoms with Crippen LogP contribution < -0.4 is 0 Å². The van der Waals surface area contributed by atoms with Gasteiger partial charge < -0.3 is 14.7 Å². The third-order valence-electron chi connectivity index (χ3n) is 3.69. The maximum absolute atomic E-state index is 12.2. The number of carbonyl (C=O) groups is 3. The molecule has 1 aliphatic heterocycles. The first kappa shape index (κ1) is 16.5. The van der Waals surface area contributed by atoms with Crippen molar-refractivity contribution >= 4 is 33.8 Å². The number of aliphatic carboxylic acids is 1. The zero-order chi connectivity index (χ0) is 16.3. The molecule has 2 atom stereocenters. The normalized spacial score (nSPS) is 19.1. The van der Waals surface area contributed by atoms with Gasteiger partial charge in [-0.05, 0) is 17.7 Å². The Balaban J connectivity index is 2.26. The van der Waals surface area contributed by atoms with E-state index in [-0.39, 0.29) is 25.3 Å². The van der Waals surface area contributed by atoms with E-state index in [1.165, 1.54) is 12.0 Å². The molecular weight excluding hydrogens is 354 g/mol. The Morgan fingerprint density at radius 3 is 2.59 bits per heavy atom. The molecule has 7 heteroatoms. The summed E-state index contributed by atoms with van der Waals surface area (Å²) in [6, 6.07) is 6.55. The second-order valence-electron chi connectivity index (χ2n) is 5.14. The minimum atomic E-state index is -0.998. The molecule has 0 spiro atoms. The Morgan fingerprint density at radius 1 is 1.41 bits per heavy atom. The molecule has 1 aliphatic rings. The summed E-state index contributed by atoms with van der Waals surface area (Å²) in [7, 11) is 1.28. The van der Waals surface area contributed by atoms with Gasteiger partial charge in [0.2, 0.25) is 5.91 Å². The zero-order valence-corrected chi connectivity index (χ0v) is 13.6. The number of carbonyl (C=O) groups excluding carboxylic acids is 2. The van der Waals surface area contributed by atoms with Crippen molar-refractivity contribution in [3.05, 3.63) is 34.3 Å². The molecule has 1 N–H and O–H groups in total. The van der Waals surface area contributed by atoms with Crippen LogP contribution in [0, 0.1) is 5.92 Å². The summed E-state index contributed by atoms with van der Waals surface area (Å²) in [6.07, 6.45) is -0.152. The number of rotatable bonds is 5. The van der Waals surface area contributed by atoms with Crippen LogP contribution in [-0.2, 0) is 19.1 Å². The number of carboxylic acids is 1. The number of hydrogen-bond donors (Lipinski definition) is 1. The van der Waals surface area contributed by atoms with Crippen molar-refractivity contribution < 1.29 is 24.2 Å². The predicted octanol–water partition coefficient (Wildman–Crippen LogP) is 1.99. The fraction of sp³-hybridized carbons (Fsp3) is 0.400. The summed E-state index contributed by atoms with van der Waals surface area (Å²) in [5, 5.41) is 9.13. The van der Waals surface area contributed by atoms with Gasteiger partial charge in [-0.3, -0.25) is 14.4 Å². The second kappa shape index (κ2) is 6.91. The molecule has 0 aliphatic carbocycles. The van der Waals surface area contributed by atoms with E-state index in [9.17, 15) is 14.4 Å². The van der Waals surface area contributed by atoms with E-state index < -0.39 is 23.9 Å². The van der Waals surface area contributed by atoms with Crippen molar-refractivity contribution in [2.45, 2.75) is 18.9 Å². The van der Waals surface area contributed by atoms with E-state index in [0.717, 1.165) is 10.0 Å². The van der Waals surface area contributed by atoms with Crippen molar-refractivity contribution in [1.29, 1.82) is 0 Å². The molecule has 22 heavy (non-hydrogen) atoms. The zero-order valence-electron chi connectivity index (χ0n) is 12.0. The van der Waals surface area contributed by atoms with E-state index >= 15 is 0 Å². The van der Waals surface area contributed by atoms with E-state index in [1.54, 1.807) is 24.3 Å². The summed E-state index contributed by atoms with van der Waals surface area (Å²) in [5.74, 6) is -2.21. The fourth-order valence-electron chi connectivity index (χ4n) is 2.62. The highest BCUT2D eigenvalue weighted by atomic mass is 79.9. The van der Waals surface area contributed by atoms with Gasteiger partial charge in [0.05, 0.1) is 25.5 Å². The van der Waals surface area contributed by atoms with Crippen LogP contribution in [0.15, 0.2) is 28.7 Å². The van der Waals surface area contributed by atoms with Crippen molar-refractivity contribution in [2.75, 3.05) is 13.7 Å². The lowest BCUT2D eigenvalue weighted by atomic mass is 10.0. The van der Waals surface area contributed by atoms with Gasteiger partial charge in [0.25, 0.3) is 0 Å². The molecule has 1 saturated heterocycles. The van der Waals surface area contributed by atoms with Crippen LogP contribution in [0.5, 0.6) is 0 Å². The SMILES string of the molecule is COC(=O)C1CC(=O)N(C(CC(=O)O)c2ccc(Br)cc2)C1. The minimum absolute atomic E-state index is 0.0549. The van der Waals surface area contributed by atoms with Crippen LogP contribution in [0.25, 0.3) is 0 Å². The number of ether oxygens (including phenoxy) is 1. The van der Waals surface area contributed by atoms with Crippen molar-refractivity contribution in [3.8, 4) is 0 Å². The van der Waals surface area contributed by atoms with Gasteiger partial charge in [0.1, 0.15) is 0 Å². The number of nitrogens with zero attached hydrogens (tertiary/aromatic N) is 1. The van der Waals surface area contributed by atoms with E-state index in [1.807, 2.05) is 0 Å². The average molecular weight is 370 g/mol. The number of esters is 1. The van der Waals surface area contributed by atoms with E-state index in [4.69, 9.17) is 5.11 Å². The van der Waals surface area contributed by atoms with Crippen LogP contribution in [-0.4, -0.2) is 41.5 Å². The Bertz CT molecular complexity index is 586. The number of carboxylic acid groups (broad SMARTS) is 1. The third-order valence-corrected chi connectivity index (χ3v) is 4.22. The molecule has 6 nitrogen and oxygen atoms in total. The largest absolute Gasteiger partial charge is 0.481 e. The molecule has 118 valence electrons. The molecule has 1 aromatic carbocycles. The van der Waals surface area contributed by atoms with Gasteiger partial charge in [-0.25, -0.2) is 0 Å². The lowest BCUT2D eigenvalue weighted by molar-refractivity contribution is -0.145. The van der Waals surface area contributed by atoms with E-state index in [0.29, 0.717) is 0 Å². The third kappa shape index (κ3) is 3.65. The maximum atomic E-state index is 12.2. The Morgan fingerprint density at radius 2 is 2.05 bits per heavy atom. The number of benzene rings is 1. The van der Waals surface area contributed by atoms with Crippen molar-refractivity contribution in [3.63, 3.8) is 0 Å². The highest BCUT2D eigenvalue weighted by Gasteiger charge is 2.39. The van der Waals surface area contributed by atoms with Gasteiger partial charge in [0, 0.05) is 17.4 Å². The number of likely N-dealkylation sites (tertiary alicyclic amines) is 1. The van der Waals surface area contributed by atoms with Crippen LogP contribution >= 0.6 is 15.9 Å². The monoisotopic (exact) mass is 369 g/mol. The van der Waals surface area contributed by atoms with Crippen LogP contribution in [0.3, 0.4) is 0 Å². The number of halogens is 1. The summed E-state index contributed by atoms with van der Waals surface area (Å²) < 4.78 is 5.54. The van der Waals surface area contributed by atoms with Gasteiger partial charge in [-0.1, -0.05) is 28.1 Å². The Hall–Kier alpha value is -1.89. The molecule has 1 amide bonds. The molecule has 0 radical (unpaired) electrons. The van der Waals surface area contributed by atoms with Gasteiger partial charge in [-0.2, -0.15) is 0 Å². The Kier molecular flexibility index (Phi) is 5.18.